The first-order valence-electron chi connectivity index (χ1n) is 7.95. The Kier molecular flexibility index (Phi) is 4.24. The predicted octanol–water partition coefficient (Wildman–Crippen LogP) is 3.13. The molecule has 3 aromatic rings. The molecule has 0 bridgehead atoms. The molecule has 0 aliphatic heterocycles. The molecule has 0 saturated carbocycles. The van der Waals surface area contributed by atoms with E-state index in [1.54, 1.807) is 24.3 Å². The Morgan fingerprint density at radius 1 is 1.04 bits per heavy atom. The smallest absolute Gasteiger partial charge is 0.206 e. The highest BCUT2D eigenvalue weighted by molar-refractivity contribution is 7.91. The topological polar surface area (TPSA) is 65.1 Å². The molecule has 0 spiro atoms. The van der Waals surface area contributed by atoms with Crippen molar-refractivity contribution in [2.24, 2.45) is 12.8 Å². The largest absolute Gasteiger partial charge is 0.350 e. The van der Waals surface area contributed by atoms with Crippen molar-refractivity contribution in [1.29, 1.82) is 0 Å². The maximum Gasteiger partial charge on any atom is 0.206 e. The van der Waals surface area contributed by atoms with E-state index >= 15 is 0 Å². The number of sulfone groups is 1. The third kappa shape index (κ3) is 2.74. The first kappa shape index (κ1) is 16.7. The van der Waals surface area contributed by atoms with Crippen LogP contribution in [-0.4, -0.2) is 19.5 Å². The van der Waals surface area contributed by atoms with E-state index in [0.29, 0.717) is 16.3 Å². The van der Waals surface area contributed by atoms with Gasteiger partial charge in [0.05, 0.1) is 15.3 Å². The summed E-state index contributed by atoms with van der Waals surface area (Å²) in [6.07, 6.45) is 2.76. The normalized spacial score (nSPS) is 12.0. The van der Waals surface area contributed by atoms with Crippen LogP contribution in [0.25, 0.3) is 10.9 Å². The maximum absolute atomic E-state index is 13.0. The van der Waals surface area contributed by atoms with E-state index in [1.807, 2.05) is 43.8 Å². The molecule has 0 saturated heterocycles. The standard InChI is InChI=1S/C19H22N2O2S/c1-13-4-6-16(7-5-13)24(22,23)17-10-14(2)19-18(11-17)15(8-9-20)12-21(19)3/h4-7,10-12H,8-9,20H2,1-3H3. The molecule has 0 unspecified atom stereocenters. The zero-order valence-corrected chi connectivity index (χ0v) is 15.0. The van der Waals surface area contributed by atoms with E-state index in [-0.39, 0.29) is 0 Å². The van der Waals surface area contributed by atoms with Gasteiger partial charge >= 0.3 is 0 Å². The van der Waals surface area contributed by atoms with Crippen molar-refractivity contribution in [2.75, 3.05) is 6.54 Å². The van der Waals surface area contributed by atoms with Gasteiger partial charge < -0.3 is 10.3 Å². The minimum absolute atomic E-state index is 0.322. The van der Waals surface area contributed by atoms with Gasteiger partial charge in [0.2, 0.25) is 9.84 Å². The van der Waals surface area contributed by atoms with Crippen LogP contribution in [0.2, 0.25) is 0 Å². The number of nitrogens with zero attached hydrogens (tertiary/aromatic N) is 1. The van der Waals surface area contributed by atoms with Gasteiger partial charge in [-0.2, -0.15) is 0 Å². The van der Waals surface area contributed by atoms with Crippen molar-refractivity contribution < 1.29 is 8.42 Å². The highest BCUT2D eigenvalue weighted by Gasteiger charge is 2.20. The lowest BCUT2D eigenvalue weighted by molar-refractivity contribution is 0.596. The first-order chi connectivity index (χ1) is 11.3. The average molecular weight is 342 g/mol. The average Bonchev–Trinajstić information content (AvgIpc) is 2.85. The van der Waals surface area contributed by atoms with Gasteiger partial charge in [-0.05, 0) is 62.2 Å². The van der Waals surface area contributed by atoms with Crippen molar-refractivity contribution >= 4 is 20.7 Å². The highest BCUT2D eigenvalue weighted by atomic mass is 32.2. The lowest BCUT2D eigenvalue weighted by Crippen LogP contribution is -2.04. The summed E-state index contributed by atoms with van der Waals surface area (Å²) in [6.45, 7) is 4.42. The summed E-state index contributed by atoms with van der Waals surface area (Å²) >= 11 is 0. The molecule has 0 fully saturated rings. The van der Waals surface area contributed by atoms with Crippen molar-refractivity contribution in [3.8, 4) is 0 Å². The summed E-state index contributed by atoms with van der Waals surface area (Å²) in [6, 6.07) is 10.5. The zero-order chi connectivity index (χ0) is 17.5. The van der Waals surface area contributed by atoms with Gasteiger partial charge in [0, 0.05) is 18.6 Å². The van der Waals surface area contributed by atoms with Gasteiger partial charge in [0.1, 0.15) is 0 Å². The van der Waals surface area contributed by atoms with Crippen molar-refractivity contribution in [3.05, 3.63) is 59.3 Å². The minimum atomic E-state index is -3.53. The Balaban J connectivity index is 2.23. The zero-order valence-electron chi connectivity index (χ0n) is 14.2. The molecule has 4 nitrogen and oxygen atoms in total. The summed E-state index contributed by atoms with van der Waals surface area (Å²) < 4.78 is 28.0. The number of nitrogens with two attached hydrogens (primary N) is 1. The van der Waals surface area contributed by atoms with Crippen LogP contribution in [0.15, 0.2) is 52.4 Å². The molecule has 24 heavy (non-hydrogen) atoms. The first-order valence-corrected chi connectivity index (χ1v) is 9.43. The monoisotopic (exact) mass is 342 g/mol. The molecule has 2 aromatic carbocycles. The third-order valence-corrected chi connectivity index (χ3v) is 6.13. The number of benzene rings is 2. The maximum atomic E-state index is 13.0. The Morgan fingerprint density at radius 3 is 2.33 bits per heavy atom. The van der Waals surface area contributed by atoms with Crippen LogP contribution in [0.1, 0.15) is 16.7 Å². The van der Waals surface area contributed by atoms with Crippen LogP contribution in [0.5, 0.6) is 0 Å². The van der Waals surface area contributed by atoms with Crippen molar-refractivity contribution in [1.82, 2.24) is 4.57 Å². The number of aromatic nitrogens is 1. The highest BCUT2D eigenvalue weighted by Crippen LogP contribution is 2.30. The molecule has 0 amide bonds. The summed E-state index contributed by atoms with van der Waals surface area (Å²) in [5.41, 5.74) is 9.82. The summed E-state index contributed by atoms with van der Waals surface area (Å²) in [5.74, 6) is 0. The molecule has 3 rings (SSSR count). The third-order valence-electron chi connectivity index (χ3n) is 4.38. The van der Waals surface area contributed by atoms with Crippen molar-refractivity contribution in [3.63, 3.8) is 0 Å². The molecule has 5 heteroatoms. The van der Waals surface area contributed by atoms with Crippen molar-refractivity contribution in [2.45, 2.75) is 30.1 Å². The Morgan fingerprint density at radius 2 is 1.71 bits per heavy atom. The second-order valence-electron chi connectivity index (χ2n) is 6.26. The lowest BCUT2D eigenvalue weighted by Gasteiger charge is -2.09. The molecule has 1 aromatic heterocycles. The van der Waals surface area contributed by atoms with Gasteiger partial charge in [-0.25, -0.2) is 8.42 Å². The van der Waals surface area contributed by atoms with Crippen LogP contribution in [-0.2, 0) is 23.3 Å². The second-order valence-corrected chi connectivity index (χ2v) is 8.21. The van der Waals surface area contributed by atoms with E-state index in [4.69, 9.17) is 5.73 Å². The van der Waals surface area contributed by atoms with Gasteiger partial charge in [-0.1, -0.05) is 17.7 Å². The van der Waals surface area contributed by atoms with E-state index < -0.39 is 9.84 Å². The predicted molar refractivity (Wildman–Crippen MR) is 97.0 cm³/mol. The van der Waals surface area contributed by atoms with Crippen LogP contribution in [0.4, 0.5) is 0 Å². The molecule has 0 radical (unpaired) electrons. The Hall–Kier alpha value is -2.11. The summed E-state index contributed by atoms with van der Waals surface area (Å²) in [5, 5.41) is 0.966. The molecule has 0 aliphatic rings. The fourth-order valence-electron chi connectivity index (χ4n) is 3.19. The molecular weight excluding hydrogens is 320 g/mol. The van der Waals surface area contributed by atoms with Gasteiger partial charge in [0.25, 0.3) is 0 Å². The molecule has 0 atom stereocenters. The minimum Gasteiger partial charge on any atom is -0.350 e. The van der Waals surface area contributed by atoms with E-state index in [0.717, 1.165) is 34.0 Å². The SMILES string of the molecule is Cc1ccc(S(=O)(=O)c2cc(C)c3c(c2)c(CCN)cn3C)cc1. The van der Waals surface area contributed by atoms with E-state index in [1.165, 1.54) is 0 Å². The molecule has 0 aliphatic carbocycles. The fraction of sp³-hybridized carbons (Fsp3) is 0.263. The second kappa shape index (κ2) is 6.07. The van der Waals surface area contributed by atoms with Gasteiger partial charge in [-0.15, -0.1) is 0 Å². The molecular formula is C19H22N2O2S. The van der Waals surface area contributed by atoms with Crippen LogP contribution in [0.3, 0.4) is 0 Å². The number of hydrogen-bond donors (Lipinski definition) is 1. The van der Waals surface area contributed by atoms with Crippen LogP contribution < -0.4 is 5.73 Å². The number of rotatable bonds is 4. The van der Waals surface area contributed by atoms with E-state index in [9.17, 15) is 8.42 Å². The Labute approximate surface area is 142 Å². The quantitative estimate of drug-likeness (QED) is 0.792. The molecule has 2 N–H and O–H groups in total. The van der Waals surface area contributed by atoms with Gasteiger partial charge in [0.15, 0.2) is 0 Å². The molecule has 126 valence electrons. The van der Waals surface area contributed by atoms with E-state index in [2.05, 4.69) is 0 Å². The lowest BCUT2D eigenvalue weighted by atomic mass is 10.1. The van der Waals surface area contributed by atoms with Gasteiger partial charge in [-0.3, -0.25) is 0 Å². The summed E-state index contributed by atoms with van der Waals surface area (Å²) in [7, 11) is -1.56. The Bertz CT molecular complexity index is 1000. The number of fused-ring (bicyclic) bond motifs is 1. The number of hydrogen-bond acceptors (Lipinski definition) is 3. The molecule has 1 heterocycles. The van der Waals surface area contributed by atoms with Crippen LogP contribution >= 0.6 is 0 Å². The fourth-order valence-corrected chi connectivity index (χ4v) is 4.56. The number of aryl methyl sites for hydroxylation is 3. The summed E-state index contributed by atoms with van der Waals surface area (Å²) in [4.78, 5) is 0.656. The van der Waals surface area contributed by atoms with Crippen LogP contribution in [0, 0.1) is 13.8 Å².